The minimum Gasteiger partial charge on any atom is -0.297 e. The van der Waals surface area contributed by atoms with Gasteiger partial charge in [-0.05, 0) is 30.5 Å². The third-order valence-electron chi connectivity index (χ3n) is 2.93. The van der Waals surface area contributed by atoms with Gasteiger partial charge in [0.25, 0.3) is 5.56 Å². The smallest absolute Gasteiger partial charge is 0.297 e. The molecule has 0 spiro atoms. The number of aromatic amines is 1. The zero-order valence-corrected chi connectivity index (χ0v) is 11.8. The van der Waals surface area contributed by atoms with E-state index in [0.717, 1.165) is 10.1 Å². The molecule has 1 aromatic heterocycles. The van der Waals surface area contributed by atoms with Gasteiger partial charge in [0.05, 0.1) is 11.3 Å². The molecule has 2 aromatic rings. The SMILES string of the molecule is Cc1cccc(-n2c(=O)[nH]c(Cl)c(C(C)C)c2=O)c1. The van der Waals surface area contributed by atoms with Crippen molar-refractivity contribution in [3.8, 4) is 5.69 Å². The fraction of sp³-hybridized carbons (Fsp3) is 0.286. The fourth-order valence-corrected chi connectivity index (χ4v) is 2.41. The van der Waals surface area contributed by atoms with Crippen LogP contribution in [0.2, 0.25) is 5.15 Å². The van der Waals surface area contributed by atoms with Gasteiger partial charge < -0.3 is 0 Å². The molecule has 0 saturated heterocycles. The molecule has 0 fully saturated rings. The Morgan fingerprint density at radius 2 is 1.95 bits per heavy atom. The van der Waals surface area contributed by atoms with Crippen molar-refractivity contribution in [2.24, 2.45) is 0 Å². The lowest BCUT2D eigenvalue weighted by molar-refractivity contribution is 0.777. The quantitative estimate of drug-likeness (QED) is 0.859. The maximum Gasteiger partial charge on any atom is 0.334 e. The molecule has 0 aliphatic heterocycles. The minimum atomic E-state index is -0.523. The van der Waals surface area contributed by atoms with Gasteiger partial charge in [-0.2, -0.15) is 0 Å². The molecule has 0 radical (unpaired) electrons. The standard InChI is InChI=1S/C14H15ClN2O2/c1-8(2)11-12(15)16-14(19)17(13(11)18)10-6-4-5-9(3)7-10/h4-8H,1-3H3,(H,16,19). The molecule has 0 atom stereocenters. The van der Waals surface area contributed by atoms with Gasteiger partial charge >= 0.3 is 5.69 Å². The second-order valence-electron chi connectivity index (χ2n) is 4.79. The van der Waals surface area contributed by atoms with Crippen LogP contribution in [-0.2, 0) is 0 Å². The molecule has 0 unspecified atom stereocenters. The summed E-state index contributed by atoms with van der Waals surface area (Å²) in [5, 5.41) is 0.119. The van der Waals surface area contributed by atoms with Crippen molar-refractivity contribution in [3.63, 3.8) is 0 Å². The molecule has 0 amide bonds. The normalized spacial score (nSPS) is 11.0. The van der Waals surface area contributed by atoms with Crippen LogP contribution >= 0.6 is 11.6 Å². The third kappa shape index (κ3) is 2.49. The van der Waals surface area contributed by atoms with E-state index in [0.29, 0.717) is 11.3 Å². The van der Waals surface area contributed by atoms with Crippen LogP contribution in [0.3, 0.4) is 0 Å². The predicted molar refractivity (Wildman–Crippen MR) is 76.5 cm³/mol. The molecule has 19 heavy (non-hydrogen) atoms. The van der Waals surface area contributed by atoms with Crippen molar-refractivity contribution in [1.82, 2.24) is 9.55 Å². The maximum absolute atomic E-state index is 12.4. The van der Waals surface area contributed by atoms with Gasteiger partial charge in [-0.15, -0.1) is 0 Å². The number of rotatable bonds is 2. The molecular weight excluding hydrogens is 264 g/mol. The van der Waals surface area contributed by atoms with Gasteiger partial charge in [0, 0.05) is 0 Å². The summed E-state index contributed by atoms with van der Waals surface area (Å²) in [5.41, 5.74) is 1.05. The Bertz CT molecular complexity index is 729. The summed E-state index contributed by atoms with van der Waals surface area (Å²) in [6.45, 7) is 5.63. The number of halogens is 1. The van der Waals surface area contributed by atoms with E-state index >= 15 is 0 Å². The van der Waals surface area contributed by atoms with E-state index in [-0.39, 0.29) is 16.6 Å². The summed E-state index contributed by atoms with van der Waals surface area (Å²) >= 11 is 5.95. The summed E-state index contributed by atoms with van der Waals surface area (Å²) in [5.74, 6) is -0.0621. The fourth-order valence-electron chi connectivity index (χ4n) is 2.03. The molecule has 0 saturated carbocycles. The highest BCUT2D eigenvalue weighted by atomic mass is 35.5. The van der Waals surface area contributed by atoms with Crippen molar-refractivity contribution in [1.29, 1.82) is 0 Å². The van der Waals surface area contributed by atoms with Gasteiger partial charge in [0.2, 0.25) is 0 Å². The highest BCUT2D eigenvalue weighted by Gasteiger charge is 2.16. The number of hydrogen-bond donors (Lipinski definition) is 1. The molecule has 1 aromatic carbocycles. The first kappa shape index (κ1) is 13.6. The number of H-pyrrole nitrogens is 1. The molecule has 5 heteroatoms. The van der Waals surface area contributed by atoms with Crippen LogP contribution in [0.1, 0.15) is 30.9 Å². The van der Waals surface area contributed by atoms with Gasteiger partial charge in [0.15, 0.2) is 0 Å². The van der Waals surface area contributed by atoms with Gasteiger partial charge in [-0.3, -0.25) is 9.78 Å². The number of nitrogens with zero attached hydrogens (tertiary/aromatic N) is 1. The minimum absolute atomic E-state index is 0.0621. The van der Waals surface area contributed by atoms with Crippen LogP contribution in [0, 0.1) is 6.92 Å². The molecule has 1 heterocycles. The van der Waals surface area contributed by atoms with E-state index in [1.165, 1.54) is 0 Å². The van der Waals surface area contributed by atoms with Crippen molar-refractivity contribution < 1.29 is 0 Å². The van der Waals surface area contributed by atoms with Crippen LogP contribution in [0.5, 0.6) is 0 Å². The summed E-state index contributed by atoms with van der Waals surface area (Å²) in [6, 6.07) is 7.22. The Morgan fingerprint density at radius 3 is 2.53 bits per heavy atom. The highest BCUT2D eigenvalue weighted by molar-refractivity contribution is 6.30. The van der Waals surface area contributed by atoms with Crippen LogP contribution in [-0.4, -0.2) is 9.55 Å². The Hall–Kier alpha value is -1.81. The molecular formula is C14H15ClN2O2. The van der Waals surface area contributed by atoms with Crippen LogP contribution in [0.25, 0.3) is 5.69 Å². The third-order valence-corrected chi connectivity index (χ3v) is 3.23. The number of benzene rings is 1. The zero-order chi connectivity index (χ0) is 14.2. The van der Waals surface area contributed by atoms with Crippen molar-refractivity contribution in [3.05, 3.63) is 61.4 Å². The van der Waals surface area contributed by atoms with Crippen molar-refractivity contribution in [2.75, 3.05) is 0 Å². The van der Waals surface area contributed by atoms with Crippen LogP contribution in [0.15, 0.2) is 33.9 Å². The molecule has 2 rings (SSSR count). The number of nitrogens with one attached hydrogen (secondary N) is 1. The molecule has 100 valence electrons. The second-order valence-corrected chi connectivity index (χ2v) is 5.17. The molecule has 4 nitrogen and oxygen atoms in total. The number of aryl methyl sites for hydroxylation is 1. The summed E-state index contributed by atoms with van der Waals surface area (Å²) in [7, 11) is 0. The largest absolute Gasteiger partial charge is 0.334 e. The van der Waals surface area contributed by atoms with Gasteiger partial charge in [-0.25, -0.2) is 9.36 Å². The number of aromatic nitrogens is 2. The maximum atomic E-state index is 12.4. The second kappa shape index (κ2) is 5.05. The van der Waals surface area contributed by atoms with Crippen molar-refractivity contribution in [2.45, 2.75) is 26.7 Å². The van der Waals surface area contributed by atoms with E-state index in [9.17, 15) is 9.59 Å². The van der Waals surface area contributed by atoms with E-state index in [4.69, 9.17) is 11.6 Å². The van der Waals surface area contributed by atoms with Crippen LogP contribution < -0.4 is 11.2 Å². The Kier molecular flexibility index (Phi) is 3.62. The van der Waals surface area contributed by atoms with E-state index in [1.807, 2.05) is 26.8 Å². The topological polar surface area (TPSA) is 54.9 Å². The molecule has 0 aliphatic rings. The summed E-state index contributed by atoms with van der Waals surface area (Å²) < 4.78 is 1.12. The number of hydrogen-bond acceptors (Lipinski definition) is 2. The lowest BCUT2D eigenvalue weighted by atomic mass is 10.1. The first-order valence-corrected chi connectivity index (χ1v) is 6.41. The zero-order valence-electron chi connectivity index (χ0n) is 11.0. The molecule has 0 aliphatic carbocycles. The van der Waals surface area contributed by atoms with E-state index in [2.05, 4.69) is 4.98 Å². The van der Waals surface area contributed by atoms with E-state index in [1.54, 1.807) is 18.2 Å². The Balaban J connectivity index is 2.82. The first-order valence-electron chi connectivity index (χ1n) is 6.03. The Morgan fingerprint density at radius 1 is 1.26 bits per heavy atom. The Labute approximate surface area is 115 Å². The summed E-state index contributed by atoms with van der Waals surface area (Å²) in [6.07, 6.45) is 0. The van der Waals surface area contributed by atoms with Crippen molar-refractivity contribution >= 4 is 11.6 Å². The monoisotopic (exact) mass is 278 g/mol. The van der Waals surface area contributed by atoms with Crippen LogP contribution in [0.4, 0.5) is 0 Å². The first-order chi connectivity index (χ1) is 8.91. The average Bonchev–Trinajstić information content (AvgIpc) is 2.27. The average molecular weight is 279 g/mol. The van der Waals surface area contributed by atoms with E-state index < -0.39 is 5.69 Å². The highest BCUT2D eigenvalue weighted by Crippen LogP contribution is 2.17. The predicted octanol–water partition coefficient (Wildman–Crippen LogP) is 2.61. The molecule has 0 bridgehead atoms. The van der Waals surface area contributed by atoms with Gasteiger partial charge in [-0.1, -0.05) is 37.6 Å². The van der Waals surface area contributed by atoms with Gasteiger partial charge in [0.1, 0.15) is 5.15 Å². The lowest BCUT2D eigenvalue weighted by Crippen LogP contribution is -2.36. The summed E-state index contributed by atoms with van der Waals surface area (Å²) in [4.78, 5) is 26.9. The molecule has 1 N–H and O–H groups in total. The lowest BCUT2D eigenvalue weighted by Gasteiger charge is -2.11.